The van der Waals surface area contributed by atoms with Crippen LogP contribution in [0.4, 0.5) is 0 Å². The average Bonchev–Trinajstić information content (AvgIpc) is 3.07. The fourth-order valence-electron chi connectivity index (χ4n) is 2.96. The van der Waals surface area contributed by atoms with Gasteiger partial charge in [0.1, 0.15) is 17.4 Å². The van der Waals surface area contributed by atoms with E-state index in [2.05, 4.69) is 25.4 Å². The number of benzene rings is 1. The van der Waals surface area contributed by atoms with Crippen LogP contribution in [-0.4, -0.2) is 33.8 Å². The van der Waals surface area contributed by atoms with Crippen molar-refractivity contribution in [1.82, 2.24) is 25.4 Å². The first-order valence-electron chi connectivity index (χ1n) is 8.72. The van der Waals surface area contributed by atoms with Crippen LogP contribution in [0, 0.1) is 0 Å². The smallest absolute Gasteiger partial charge is 0.237 e. The van der Waals surface area contributed by atoms with E-state index in [1.807, 2.05) is 31.2 Å². The molecule has 3 rings (SSSR count). The molecular weight excluding hydrogens is 318 g/mol. The summed E-state index contributed by atoms with van der Waals surface area (Å²) in [7, 11) is 1.63. The lowest BCUT2D eigenvalue weighted by atomic mass is 10.1. The quantitative estimate of drug-likeness (QED) is 0.795. The number of rotatable bonds is 7. The van der Waals surface area contributed by atoms with Crippen molar-refractivity contribution in [2.75, 3.05) is 7.11 Å². The molecule has 1 aromatic heterocycles. The lowest BCUT2D eigenvalue weighted by molar-refractivity contribution is -0.122. The van der Waals surface area contributed by atoms with Gasteiger partial charge in [0.2, 0.25) is 5.91 Å². The number of hydrogen-bond donors (Lipinski definition) is 2. The second kappa shape index (κ2) is 8.11. The van der Waals surface area contributed by atoms with Crippen molar-refractivity contribution in [3.63, 3.8) is 0 Å². The summed E-state index contributed by atoms with van der Waals surface area (Å²) in [5.41, 5.74) is 1.01. The third-order valence-electron chi connectivity index (χ3n) is 4.50. The Morgan fingerprint density at radius 2 is 2.20 bits per heavy atom. The van der Waals surface area contributed by atoms with Crippen molar-refractivity contribution in [3.05, 3.63) is 41.5 Å². The van der Waals surface area contributed by atoms with E-state index in [4.69, 9.17) is 4.74 Å². The van der Waals surface area contributed by atoms with Crippen LogP contribution < -0.4 is 15.4 Å². The number of nitrogens with zero attached hydrogens (tertiary/aromatic N) is 3. The van der Waals surface area contributed by atoms with Crippen LogP contribution in [0.3, 0.4) is 0 Å². The molecular formula is C18H25N5O2. The summed E-state index contributed by atoms with van der Waals surface area (Å²) < 4.78 is 7.36. The van der Waals surface area contributed by atoms with Gasteiger partial charge in [0, 0.05) is 19.5 Å². The van der Waals surface area contributed by atoms with E-state index in [0.29, 0.717) is 13.1 Å². The van der Waals surface area contributed by atoms with Crippen LogP contribution in [0.25, 0.3) is 0 Å². The van der Waals surface area contributed by atoms with Gasteiger partial charge in [0.25, 0.3) is 0 Å². The highest BCUT2D eigenvalue weighted by Crippen LogP contribution is 2.14. The molecule has 1 amide bonds. The largest absolute Gasteiger partial charge is 0.497 e. The van der Waals surface area contributed by atoms with E-state index in [-0.39, 0.29) is 11.9 Å². The maximum Gasteiger partial charge on any atom is 0.237 e. The molecule has 25 heavy (non-hydrogen) atoms. The van der Waals surface area contributed by atoms with Gasteiger partial charge < -0.3 is 14.6 Å². The molecule has 0 aliphatic carbocycles. The second-order valence-electron chi connectivity index (χ2n) is 6.31. The number of nitrogens with one attached hydrogen (secondary N) is 2. The Balaban J connectivity index is 1.48. The maximum absolute atomic E-state index is 12.3. The average molecular weight is 343 g/mol. The molecule has 1 aromatic carbocycles. The highest BCUT2D eigenvalue weighted by Gasteiger charge is 2.17. The summed E-state index contributed by atoms with van der Waals surface area (Å²) in [5.74, 6) is 2.70. The first kappa shape index (κ1) is 17.4. The van der Waals surface area contributed by atoms with E-state index >= 15 is 0 Å². The Morgan fingerprint density at radius 1 is 1.32 bits per heavy atom. The van der Waals surface area contributed by atoms with Gasteiger partial charge in [-0.1, -0.05) is 12.1 Å². The minimum atomic E-state index is -0.304. The molecule has 134 valence electrons. The third kappa shape index (κ3) is 4.36. The number of amides is 1. The zero-order valence-electron chi connectivity index (χ0n) is 14.8. The molecule has 1 aliphatic heterocycles. The summed E-state index contributed by atoms with van der Waals surface area (Å²) in [6.45, 7) is 3.84. The Kier molecular flexibility index (Phi) is 5.65. The van der Waals surface area contributed by atoms with Gasteiger partial charge in [0.15, 0.2) is 0 Å². The van der Waals surface area contributed by atoms with Crippen LogP contribution in [0.1, 0.15) is 37.0 Å². The molecule has 7 heteroatoms. The molecule has 0 radical (unpaired) electrons. The molecule has 0 saturated carbocycles. The van der Waals surface area contributed by atoms with E-state index < -0.39 is 0 Å². The number of carbonyl (C=O) groups is 1. The summed E-state index contributed by atoms with van der Waals surface area (Å²) in [6, 6.07) is 7.37. The van der Waals surface area contributed by atoms with Gasteiger partial charge in [-0.05, 0) is 37.5 Å². The second-order valence-corrected chi connectivity index (χ2v) is 6.31. The molecule has 2 N–H and O–H groups in total. The summed E-state index contributed by atoms with van der Waals surface area (Å²) in [4.78, 5) is 12.3. The normalized spacial score (nSPS) is 14.6. The molecule has 0 fully saturated rings. The van der Waals surface area contributed by atoms with Gasteiger partial charge in [-0.25, -0.2) is 0 Å². The molecule has 2 aromatic rings. The first-order valence-corrected chi connectivity index (χ1v) is 8.72. The van der Waals surface area contributed by atoms with Crippen molar-refractivity contribution in [1.29, 1.82) is 0 Å². The van der Waals surface area contributed by atoms with Crippen molar-refractivity contribution in [2.45, 2.75) is 51.9 Å². The van der Waals surface area contributed by atoms with Gasteiger partial charge in [-0.2, -0.15) is 0 Å². The number of fused-ring (bicyclic) bond motifs is 1. The zero-order valence-corrected chi connectivity index (χ0v) is 14.8. The highest BCUT2D eigenvalue weighted by atomic mass is 16.5. The summed E-state index contributed by atoms with van der Waals surface area (Å²) in [6.07, 6.45) is 3.33. The van der Waals surface area contributed by atoms with Gasteiger partial charge >= 0.3 is 0 Å². The molecule has 1 unspecified atom stereocenters. The molecule has 1 aliphatic rings. The minimum Gasteiger partial charge on any atom is -0.497 e. The molecule has 1 atom stereocenters. The number of hydrogen-bond acceptors (Lipinski definition) is 5. The van der Waals surface area contributed by atoms with Gasteiger partial charge in [-0.15, -0.1) is 10.2 Å². The Bertz CT molecular complexity index is 728. The lowest BCUT2D eigenvalue weighted by Crippen LogP contribution is -2.42. The number of carbonyl (C=O) groups excluding carboxylic acids is 1. The number of aryl methyl sites for hydroxylation is 1. The Labute approximate surface area is 147 Å². The minimum absolute atomic E-state index is 0.0406. The predicted octanol–water partition coefficient (Wildman–Crippen LogP) is 1.42. The van der Waals surface area contributed by atoms with Gasteiger partial charge in [-0.3, -0.25) is 10.1 Å². The number of ether oxygens (including phenoxy) is 1. The van der Waals surface area contributed by atoms with Crippen molar-refractivity contribution in [3.8, 4) is 5.75 Å². The van der Waals surface area contributed by atoms with Crippen molar-refractivity contribution < 1.29 is 9.53 Å². The van der Waals surface area contributed by atoms with E-state index in [9.17, 15) is 4.79 Å². The van der Waals surface area contributed by atoms with Crippen LogP contribution in [0.5, 0.6) is 5.75 Å². The van der Waals surface area contributed by atoms with Crippen LogP contribution in [0.2, 0.25) is 0 Å². The van der Waals surface area contributed by atoms with Crippen LogP contribution >= 0.6 is 0 Å². The van der Waals surface area contributed by atoms with Crippen LogP contribution in [0.15, 0.2) is 24.3 Å². The number of aromatic nitrogens is 3. The Morgan fingerprint density at radius 3 is 3.04 bits per heavy atom. The van der Waals surface area contributed by atoms with Crippen molar-refractivity contribution >= 4 is 5.91 Å². The standard InChI is InChI=1S/C18H25N5O2/c1-13(18(24)20-11-14-6-5-7-15(10-14)25-2)19-12-17-22-21-16-8-3-4-9-23(16)17/h5-7,10,13,19H,3-4,8-9,11-12H2,1-2H3,(H,20,24). The van der Waals surface area contributed by atoms with Crippen molar-refractivity contribution in [2.24, 2.45) is 0 Å². The van der Waals surface area contributed by atoms with E-state index in [1.165, 1.54) is 6.42 Å². The molecule has 2 heterocycles. The molecule has 0 bridgehead atoms. The predicted molar refractivity (Wildman–Crippen MR) is 94.1 cm³/mol. The fourth-order valence-corrected chi connectivity index (χ4v) is 2.96. The highest BCUT2D eigenvalue weighted by molar-refractivity contribution is 5.81. The molecule has 0 spiro atoms. The van der Waals surface area contributed by atoms with Gasteiger partial charge in [0.05, 0.1) is 19.7 Å². The first-order chi connectivity index (χ1) is 12.2. The monoisotopic (exact) mass is 343 g/mol. The van der Waals surface area contributed by atoms with E-state index in [1.54, 1.807) is 7.11 Å². The fraction of sp³-hybridized carbons (Fsp3) is 0.500. The Hall–Kier alpha value is -2.41. The summed E-state index contributed by atoms with van der Waals surface area (Å²) >= 11 is 0. The third-order valence-corrected chi connectivity index (χ3v) is 4.50. The SMILES string of the molecule is COc1cccc(CNC(=O)C(C)NCc2nnc3n2CCCC3)c1. The maximum atomic E-state index is 12.3. The molecule has 0 saturated heterocycles. The zero-order chi connectivity index (χ0) is 17.6. The molecule has 7 nitrogen and oxygen atoms in total. The summed E-state index contributed by atoms with van der Waals surface area (Å²) in [5, 5.41) is 14.7. The van der Waals surface area contributed by atoms with E-state index in [0.717, 1.165) is 42.3 Å². The number of methoxy groups -OCH3 is 1. The van der Waals surface area contributed by atoms with Crippen LogP contribution in [-0.2, 0) is 30.8 Å². The topological polar surface area (TPSA) is 81.1 Å². The lowest BCUT2D eigenvalue weighted by Gasteiger charge is -2.17.